The molecule has 2 heterocycles. The second-order valence-electron chi connectivity index (χ2n) is 5.88. The van der Waals surface area contributed by atoms with Crippen LogP contribution in [0.1, 0.15) is 14.5 Å². The number of non-ortho nitro benzene ring substituents is 1. The predicted molar refractivity (Wildman–Crippen MR) is 96.9 cm³/mol. The molecule has 0 aliphatic carbocycles. The van der Waals surface area contributed by atoms with Gasteiger partial charge in [0.25, 0.3) is 17.3 Å². The van der Waals surface area contributed by atoms with Gasteiger partial charge in [0.1, 0.15) is 5.69 Å². The van der Waals surface area contributed by atoms with Crippen LogP contribution in [0.5, 0.6) is 0 Å². The molecular weight excluding hydrogens is 360 g/mol. The standard InChI is InChI=1S/C16H16N4O5S/c1-11-2-5-15(26-11)16(21)18-8-6-17(7-9-18)13-4-3-12(19(22)23)10-14(13)20(24)25/h2-5,10H,6-9H2,1H3. The molecule has 1 amide bonds. The number of carbonyl (C=O) groups excluding carboxylic acids is 1. The molecule has 1 aromatic carbocycles. The van der Waals surface area contributed by atoms with Gasteiger partial charge in [-0.2, -0.15) is 0 Å². The Labute approximate surface area is 152 Å². The molecule has 0 bridgehead atoms. The smallest absolute Gasteiger partial charge is 0.299 e. The number of aryl methyl sites for hydroxylation is 1. The second kappa shape index (κ2) is 7.08. The molecule has 2 aromatic rings. The largest absolute Gasteiger partial charge is 0.362 e. The topological polar surface area (TPSA) is 110 Å². The molecule has 0 radical (unpaired) electrons. The van der Waals surface area contributed by atoms with Crippen LogP contribution in [0.4, 0.5) is 17.1 Å². The molecule has 1 aliphatic heterocycles. The van der Waals surface area contributed by atoms with Gasteiger partial charge in [0.05, 0.1) is 20.8 Å². The highest BCUT2D eigenvalue weighted by atomic mass is 32.1. The summed E-state index contributed by atoms with van der Waals surface area (Å²) in [6.45, 7) is 3.66. The minimum Gasteiger partial charge on any atom is -0.362 e. The van der Waals surface area contributed by atoms with Crippen molar-refractivity contribution in [2.75, 3.05) is 31.1 Å². The number of nitrogens with zero attached hydrogens (tertiary/aromatic N) is 4. The van der Waals surface area contributed by atoms with E-state index in [0.717, 1.165) is 10.9 Å². The van der Waals surface area contributed by atoms with Crippen molar-refractivity contribution >= 4 is 34.3 Å². The zero-order valence-electron chi connectivity index (χ0n) is 14.0. The number of nitro benzene ring substituents is 2. The van der Waals surface area contributed by atoms with Crippen LogP contribution in [0, 0.1) is 27.2 Å². The van der Waals surface area contributed by atoms with Crippen molar-refractivity contribution in [2.24, 2.45) is 0 Å². The number of anilines is 1. The monoisotopic (exact) mass is 376 g/mol. The molecule has 10 heteroatoms. The summed E-state index contributed by atoms with van der Waals surface area (Å²) in [4.78, 5) is 38.6. The fourth-order valence-electron chi connectivity index (χ4n) is 2.89. The van der Waals surface area contributed by atoms with Gasteiger partial charge in [-0.15, -0.1) is 11.3 Å². The van der Waals surface area contributed by atoms with Gasteiger partial charge >= 0.3 is 0 Å². The maximum Gasteiger partial charge on any atom is 0.299 e. The van der Waals surface area contributed by atoms with Crippen LogP contribution >= 0.6 is 11.3 Å². The Morgan fingerprint density at radius 3 is 2.27 bits per heavy atom. The van der Waals surface area contributed by atoms with Crippen LogP contribution < -0.4 is 4.90 Å². The van der Waals surface area contributed by atoms with Crippen LogP contribution in [0.2, 0.25) is 0 Å². The van der Waals surface area contributed by atoms with Crippen LogP contribution in [0.15, 0.2) is 30.3 Å². The van der Waals surface area contributed by atoms with Gasteiger partial charge in [0.2, 0.25) is 0 Å². The third-order valence-electron chi connectivity index (χ3n) is 4.23. The first kappa shape index (κ1) is 17.8. The van der Waals surface area contributed by atoms with Crippen LogP contribution in [-0.4, -0.2) is 46.8 Å². The zero-order valence-corrected chi connectivity index (χ0v) is 14.8. The maximum absolute atomic E-state index is 12.5. The Hall–Kier alpha value is -3.01. The zero-order chi connectivity index (χ0) is 18.8. The summed E-state index contributed by atoms with van der Waals surface area (Å²) in [7, 11) is 0. The third kappa shape index (κ3) is 3.49. The number of thiophene rings is 1. The molecule has 0 saturated carbocycles. The molecule has 0 spiro atoms. The van der Waals surface area contributed by atoms with Crippen molar-refractivity contribution in [3.63, 3.8) is 0 Å². The Balaban J connectivity index is 1.74. The number of hydrogen-bond acceptors (Lipinski definition) is 7. The van der Waals surface area contributed by atoms with Gasteiger partial charge in [-0.1, -0.05) is 0 Å². The first-order valence-electron chi connectivity index (χ1n) is 7.90. The molecule has 3 rings (SSSR count). The molecule has 0 N–H and O–H groups in total. The van der Waals surface area contributed by atoms with Crippen molar-refractivity contribution in [1.29, 1.82) is 0 Å². The summed E-state index contributed by atoms with van der Waals surface area (Å²) in [5.74, 6) is -0.0408. The molecular formula is C16H16N4O5S. The fourth-order valence-corrected chi connectivity index (χ4v) is 3.73. The number of carbonyl (C=O) groups is 1. The molecule has 26 heavy (non-hydrogen) atoms. The van der Waals surface area contributed by atoms with Gasteiger partial charge in [-0.25, -0.2) is 0 Å². The SMILES string of the molecule is Cc1ccc(C(=O)N2CCN(c3ccc([N+](=O)[O-])cc3[N+](=O)[O-])CC2)s1. The first-order chi connectivity index (χ1) is 12.4. The van der Waals surface area contributed by atoms with Crippen molar-refractivity contribution < 1.29 is 14.6 Å². The van der Waals surface area contributed by atoms with E-state index in [1.807, 2.05) is 13.0 Å². The summed E-state index contributed by atoms with van der Waals surface area (Å²) in [5, 5.41) is 22.1. The van der Waals surface area contributed by atoms with Crippen molar-refractivity contribution in [1.82, 2.24) is 4.90 Å². The molecule has 1 aromatic heterocycles. The highest BCUT2D eigenvalue weighted by Crippen LogP contribution is 2.32. The molecule has 1 aliphatic rings. The predicted octanol–water partition coefficient (Wildman–Crippen LogP) is 2.84. The van der Waals surface area contributed by atoms with Crippen molar-refractivity contribution in [3.05, 3.63) is 60.3 Å². The number of hydrogen-bond donors (Lipinski definition) is 0. The van der Waals surface area contributed by atoms with Crippen molar-refractivity contribution in [3.8, 4) is 0 Å². The number of benzene rings is 1. The van der Waals surface area contributed by atoms with Crippen LogP contribution in [-0.2, 0) is 0 Å². The lowest BCUT2D eigenvalue weighted by molar-refractivity contribution is -0.393. The molecule has 0 atom stereocenters. The summed E-state index contributed by atoms with van der Waals surface area (Å²) in [6, 6.07) is 7.33. The lowest BCUT2D eigenvalue weighted by atomic mass is 10.2. The second-order valence-corrected chi connectivity index (χ2v) is 7.16. The third-order valence-corrected chi connectivity index (χ3v) is 5.21. The van der Waals surface area contributed by atoms with Crippen LogP contribution in [0.3, 0.4) is 0 Å². The Kier molecular flexibility index (Phi) is 4.85. The van der Waals surface area contributed by atoms with Crippen LogP contribution in [0.25, 0.3) is 0 Å². The quantitative estimate of drug-likeness (QED) is 0.599. The van der Waals surface area contributed by atoms with E-state index in [9.17, 15) is 25.0 Å². The minimum absolute atomic E-state index is 0.0408. The summed E-state index contributed by atoms with van der Waals surface area (Å²) in [6.07, 6.45) is 0. The van der Waals surface area contributed by atoms with E-state index in [1.165, 1.54) is 23.5 Å². The fraction of sp³-hybridized carbons (Fsp3) is 0.312. The van der Waals surface area contributed by atoms with E-state index in [4.69, 9.17) is 0 Å². The van der Waals surface area contributed by atoms with Gasteiger partial charge in [-0.3, -0.25) is 25.0 Å². The molecule has 136 valence electrons. The van der Waals surface area contributed by atoms with Crippen molar-refractivity contribution in [2.45, 2.75) is 6.92 Å². The summed E-state index contributed by atoms with van der Waals surface area (Å²) >= 11 is 1.44. The Bertz CT molecular complexity index is 873. The van der Waals surface area contributed by atoms with E-state index in [2.05, 4.69) is 0 Å². The van der Waals surface area contributed by atoms with E-state index < -0.39 is 9.85 Å². The first-order valence-corrected chi connectivity index (χ1v) is 8.72. The summed E-state index contributed by atoms with van der Waals surface area (Å²) in [5.41, 5.74) is -0.283. The lowest BCUT2D eigenvalue weighted by Crippen LogP contribution is -2.48. The Morgan fingerprint density at radius 1 is 1.04 bits per heavy atom. The average Bonchev–Trinajstić information content (AvgIpc) is 3.07. The average molecular weight is 376 g/mol. The van der Waals surface area contributed by atoms with E-state index in [1.54, 1.807) is 15.9 Å². The van der Waals surface area contributed by atoms with E-state index >= 15 is 0 Å². The van der Waals surface area contributed by atoms with Gasteiger partial charge in [-0.05, 0) is 25.1 Å². The van der Waals surface area contributed by atoms with Gasteiger partial charge in [0, 0.05) is 37.1 Å². The highest BCUT2D eigenvalue weighted by molar-refractivity contribution is 7.13. The number of piperazine rings is 1. The number of amides is 1. The molecule has 9 nitrogen and oxygen atoms in total. The summed E-state index contributed by atoms with van der Waals surface area (Å²) < 4.78 is 0. The molecule has 0 unspecified atom stereocenters. The normalized spacial score (nSPS) is 14.3. The number of nitro groups is 2. The lowest BCUT2D eigenvalue weighted by Gasteiger charge is -2.35. The maximum atomic E-state index is 12.5. The van der Waals surface area contributed by atoms with E-state index in [-0.39, 0.29) is 17.3 Å². The molecule has 1 fully saturated rings. The van der Waals surface area contributed by atoms with Gasteiger partial charge in [0.15, 0.2) is 0 Å². The Morgan fingerprint density at radius 2 is 1.73 bits per heavy atom. The molecule has 1 saturated heterocycles. The van der Waals surface area contributed by atoms with Gasteiger partial charge < -0.3 is 9.80 Å². The number of rotatable bonds is 4. The minimum atomic E-state index is -0.656. The van der Waals surface area contributed by atoms with E-state index in [0.29, 0.717) is 36.7 Å². The highest BCUT2D eigenvalue weighted by Gasteiger charge is 2.28.